The molecule has 7 nitrogen and oxygen atoms in total. The first kappa shape index (κ1) is 18.2. The summed E-state index contributed by atoms with van der Waals surface area (Å²) in [5, 5.41) is 6.20. The van der Waals surface area contributed by atoms with E-state index < -0.39 is 11.4 Å². The average molecular weight is 402 g/mol. The third kappa shape index (κ3) is 3.63. The lowest BCUT2D eigenvalue weighted by atomic mass is 10.1. The number of hydrogen-bond donors (Lipinski definition) is 2. The lowest BCUT2D eigenvalue weighted by Crippen LogP contribution is -2.26. The number of hydrogen-bond acceptors (Lipinski definition) is 6. The maximum Gasteiger partial charge on any atom is 0.285 e. The minimum absolute atomic E-state index is 0.106. The van der Waals surface area contributed by atoms with Crippen LogP contribution >= 0.6 is 11.6 Å². The van der Waals surface area contributed by atoms with Crippen molar-refractivity contribution in [2.24, 2.45) is 0 Å². The summed E-state index contributed by atoms with van der Waals surface area (Å²) >= 11 is 6.07. The highest BCUT2D eigenvalue weighted by Crippen LogP contribution is 2.29. The number of aromatic amines is 1. The maximum atomic E-state index is 14.2. The molecule has 3 N–H and O–H groups in total. The number of benzene rings is 1. The van der Waals surface area contributed by atoms with Crippen LogP contribution in [0.2, 0.25) is 5.02 Å². The molecule has 0 spiro atoms. The molecule has 9 heteroatoms. The molecular formula is C19H17ClFN5O2. The van der Waals surface area contributed by atoms with Gasteiger partial charge in [0.05, 0.1) is 18.4 Å². The van der Waals surface area contributed by atoms with Crippen molar-refractivity contribution in [3.05, 3.63) is 63.9 Å². The van der Waals surface area contributed by atoms with Crippen LogP contribution in [-0.4, -0.2) is 34.4 Å². The van der Waals surface area contributed by atoms with Crippen molar-refractivity contribution in [2.45, 2.75) is 12.5 Å². The predicted octanol–water partition coefficient (Wildman–Crippen LogP) is 2.86. The highest BCUT2D eigenvalue weighted by atomic mass is 35.5. The van der Waals surface area contributed by atoms with Crippen molar-refractivity contribution in [3.8, 4) is 17.0 Å². The van der Waals surface area contributed by atoms with Crippen LogP contribution in [-0.2, 0) is 0 Å². The van der Waals surface area contributed by atoms with E-state index in [1.807, 2.05) is 4.90 Å². The molecule has 0 radical (unpaired) electrons. The number of nitrogens with zero attached hydrogens (tertiary/aromatic N) is 3. The van der Waals surface area contributed by atoms with Gasteiger partial charge in [0.25, 0.3) is 5.56 Å². The van der Waals surface area contributed by atoms with Gasteiger partial charge in [-0.1, -0.05) is 11.6 Å². The molecule has 144 valence electrons. The van der Waals surface area contributed by atoms with Crippen LogP contribution in [0, 0.1) is 5.82 Å². The normalized spacial score (nSPS) is 16.4. The quantitative estimate of drug-likeness (QED) is 0.652. The van der Waals surface area contributed by atoms with Gasteiger partial charge in [-0.2, -0.15) is 5.10 Å². The van der Waals surface area contributed by atoms with Gasteiger partial charge in [0.1, 0.15) is 16.9 Å². The van der Waals surface area contributed by atoms with Crippen LogP contribution < -0.4 is 20.9 Å². The summed E-state index contributed by atoms with van der Waals surface area (Å²) in [5.41, 5.74) is 7.20. The number of halogens is 2. The molecule has 1 aliphatic heterocycles. The Morgan fingerprint density at radius 1 is 1.32 bits per heavy atom. The van der Waals surface area contributed by atoms with Gasteiger partial charge in [-0.25, -0.2) is 14.5 Å². The first-order valence-electron chi connectivity index (χ1n) is 8.67. The van der Waals surface area contributed by atoms with Gasteiger partial charge in [-0.3, -0.25) is 4.79 Å². The van der Waals surface area contributed by atoms with Gasteiger partial charge in [0, 0.05) is 36.5 Å². The summed E-state index contributed by atoms with van der Waals surface area (Å²) in [6.45, 7) is 1.20. The maximum absolute atomic E-state index is 14.2. The standard InChI is InChI=1S/C19H17ClFN5O2/c20-18-16(9-24-25-19(18)27)26-6-4-13(10-26)28-17-7-11(3-5-23-17)14-2-1-12(22)8-15(14)21/h1-3,5,7-9,13H,4,6,10,22H2,(H,25,27)/t13-/m1/s1. The Hall–Kier alpha value is -3.13. The molecule has 1 aromatic carbocycles. The zero-order chi connectivity index (χ0) is 19.7. The van der Waals surface area contributed by atoms with Crippen molar-refractivity contribution >= 4 is 23.0 Å². The van der Waals surface area contributed by atoms with Gasteiger partial charge >= 0.3 is 0 Å². The minimum Gasteiger partial charge on any atom is -0.472 e. The fourth-order valence-corrected chi connectivity index (χ4v) is 3.43. The molecule has 4 rings (SSSR count). The number of rotatable bonds is 4. The number of nitrogens with one attached hydrogen (secondary N) is 1. The van der Waals surface area contributed by atoms with E-state index in [9.17, 15) is 9.18 Å². The lowest BCUT2D eigenvalue weighted by molar-refractivity contribution is 0.216. The smallest absolute Gasteiger partial charge is 0.285 e. The van der Waals surface area contributed by atoms with Gasteiger partial charge in [0.15, 0.2) is 0 Å². The molecule has 0 bridgehead atoms. The highest BCUT2D eigenvalue weighted by molar-refractivity contribution is 6.33. The molecule has 2 aromatic heterocycles. The second-order valence-corrected chi connectivity index (χ2v) is 6.87. The number of aromatic nitrogens is 3. The molecule has 0 saturated carbocycles. The molecule has 0 aliphatic carbocycles. The number of H-pyrrole nitrogens is 1. The summed E-state index contributed by atoms with van der Waals surface area (Å²) in [6.07, 6.45) is 3.68. The van der Waals surface area contributed by atoms with Crippen LogP contribution in [0.15, 0.2) is 47.5 Å². The topological polar surface area (TPSA) is 97.1 Å². The minimum atomic E-state index is -0.427. The largest absolute Gasteiger partial charge is 0.472 e. The lowest BCUT2D eigenvalue weighted by Gasteiger charge is -2.19. The van der Waals surface area contributed by atoms with Crippen molar-refractivity contribution in [2.75, 3.05) is 23.7 Å². The third-order valence-corrected chi connectivity index (χ3v) is 4.95. The zero-order valence-corrected chi connectivity index (χ0v) is 15.5. The van der Waals surface area contributed by atoms with Crippen LogP contribution in [0.5, 0.6) is 5.88 Å². The summed E-state index contributed by atoms with van der Waals surface area (Å²) in [7, 11) is 0. The summed E-state index contributed by atoms with van der Waals surface area (Å²) in [6, 6.07) is 7.96. The van der Waals surface area contributed by atoms with Crippen LogP contribution in [0.25, 0.3) is 11.1 Å². The SMILES string of the molecule is Nc1ccc(-c2ccnc(O[C@@H]3CCN(c4cn[nH]c(=O)c4Cl)C3)c2)c(F)c1. The molecule has 1 atom stereocenters. The van der Waals surface area contributed by atoms with E-state index in [2.05, 4.69) is 15.2 Å². The van der Waals surface area contributed by atoms with Crippen molar-refractivity contribution in [1.29, 1.82) is 0 Å². The molecule has 3 aromatic rings. The number of nitrogen functional groups attached to an aromatic ring is 1. The second-order valence-electron chi connectivity index (χ2n) is 6.49. The van der Waals surface area contributed by atoms with Gasteiger partial charge < -0.3 is 15.4 Å². The van der Waals surface area contributed by atoms with Crippen LogP contribution in [0.3, 0.4) is 0 Å². The van der Waals surface area contributed by atoms with Gasteiger partial charge in [0.2, 0.25) is 5.88 Å². The molecule has 1 saturated heterocycles. The Kier molecular flexibility index (Phi) is 4.87. The van der Waals surface area contributed by atoms with Crippen LogP contribution in [0.1, 0.15) is 6.42 Å². The first-order chi connectivity index (χ1) is 13.5. The Balaban J connectivity index is 1.50. The first-order valence-corrected chi connectivity index (χ1v) is 9.05. The summed E-state index contributed by atoms with van der Waals surface area (Å²) in [5.74, 6) is -0.00339. The van der Waals surface area contributed by atoms with Gasteiger partial charge in [-0.15, -0.1) is 0 Å². The van der Waals surface area contributed by atoms with Crippen molar-refractivity contribution < 1.29 is 9.13 Å². The van der Waals surface area contributed by atoms with E-state index in [-0.39, 0.29) is 11.1 Å². The summed E-state index contributed by atoms with van der Waals surface area (Å²) < 4.78 is 20.2. The molecule has 0 amide bonds. The van der Waals surface area contributed by atoms with E-state index in [1.165, 1.54) is 12.3 Å². The monoisotopic (exact) mass is 401 g/mol. The highest BCUT2D eigenvalue weighted by Gasteiger charge is 2.27. The van der Waals surface area contributed by atoms with E-state index in [0.29, 0.717) is 41.5 Å². The third-order valence-electron chi connectivity index (χ3n) is 4.59. The number of pyridine rings is 1. The molecule has 1 fully saturated rings. The van der Waals surface area contributed by atoms with E-state index in [1.54, 1.807) is 30.5 Å². The summed E-state index contributed by atoms with van der Waals surface area (Å²) in [4.78, 5) is 17.8. The number of nitrogens with two attached hydrogens (primary N) is 1. The Morgan fingerprint density at radius 3 is 3.00 bits per heavy atom. The van der Waals surface area contributed by atoms with Crippen LogP contribution in [0.4, 0.5) is 15.8 Å². The Labute approximate surface area is 164 Å². The van der Waals surface area contributed by atoms with Crippen molar-refractivity contribution in [1.82, 2.24) is 15.2 Å². The predicted molar refractivity (Wildman–Crippen MR) is 105 cm³/mol. The molecular weight excluding hydrogens is 385 g/mol. The fraction of sp³-hybridized carbons (Fsp3) is 0.211. The van der Waals surface area contributed by atoms with Crippen molar-refractivity contribution in [3.63, 3.8) is 0 Å². The van der Waals surface area contributed by atoms with Gasteiger partial charge in [-0.05, 0) is 29.8 Å². The fourth-order valence-electron chi connectivity index (χ4n) is 3.22. The molecule has 28 heavy (non-hydrogen) atoms. The zero-order valence-electron chi connectivity index (χ0n) is 14.7. The Bertz CT molecular complexity index is 1070. The molecule has 1 aliphatic rings. The van der Waals surface area contributed by atoms with E-state index in [4.69, 9.17) is 22.1 Å². The molecule has 3 heterocycles. The van der Waals surface area contributed by atoms with E-state index >= 15 is 0 Å². The second kappa shape index (κ2) is 7.47. The number of anilines is 2. The Morgan fingerprint density at radius 2 is 2.18 bits per heavy atom. The number of ether oxygens (including phenoxy) is 1. The average Bonchev–Trinajstić information content (AvgIpc) is 3.12. The molecule has 0 unspecified atom stereocenters. The van der Waals surface area contributed by atoms with E-state index in [0.717, 1.165) is 6.42 Å².